The molecule has 1 atom stereocenters. The van der Waals surface area contributed by atoms with E-state index in [1.165, 1.54) is 0 Å². The summed E-state index contributed by atoms with van der Waals surface area (Å²) >= 11 is 0. The molecule has 0 aromatic rings. The van der Waals surface area contributed by atoms with Crippen molar-refractivity contribution in [1.82, 2.24) is 0 Å². The second-order valence-corrected chi connectivity index (χ2v) is 3.48. The predicted molar refractivity (Wildman–Crippen MR) is 18.5 cm³/mol. The molecule has 11 heavy (non-hydrogen) atoms. The molecule has 0 spiro atoms. The monoisotopic (exact) mass is 270 g/mol. The molecule has 7 nitrogen and oxygen atoms in total. The van der Waals surface area contributed by atoms with Gasteiger partial charge in [-0.1, -0.05) is 0 Å². The van der Waals surface area contributed by atoms with Gasteiger partial charge in [0.25, 0.3) is 7.82 Å². The van der Waals surface area contributed by atoms with E-state index < -0.39 is 15.6 Å². The van der Waals surface area contributed by atoms with Crippen LogP contribution >= 0.6 is 15.6 Å². The summed E-state index contributed by atoms with van der Waals surface area (Å²) in [6.07, 6.45) is 0. The van der Waals surface area contributed by atoms with E-state index in [1.807, 2.05) is 0 Å². The van der Waals surface area contributed by atoms with E-state index in [1.54, 1.807) is 0 Å². The Hall–Kier alpha value is 2.42. The Morgan fingerprint density at radius 2 is 1.45 bits per heavy atom. The van der Waals surface area contributed by atoms with Gasteiger partial charge < -0.3 is 24.1 Å². The van der Waals surface area contributed by atoms with Crippen molar-refractivity contribution in [2.45, 2.75) is 0 Å². The van der Waals surface area contributed by atoms with Crippen LogP contribution in [0.4, 0.5) is 0 Å². The molecule has 0 saturated heterocycles. The molecule has 0 radical (unpaired) electrons. The Labute approximate surface area is 115 Å². The van der Waals surface area contributed by atoms with E-state index in [-0.39, 0.29) is 68.5 Å². The SMILES string of the molecule is O=P([O-])([O-])OP(=O)([O-])O.[Fe+2].[K+]. The van der Waals surface area contributed by atoms with Gasteiger partial charge in [-0.3, -0.25) is 8.88 Å². The summed E-state index contributed by atoms with van der Waals surface area (Å²) in [4.78, 5) is 35.7. The van der Waals surface area contributed by atoms with Crippen LogP contribution in [0.5, 0.6) is 0 Å². The van der Waals surface area contributed by atoms with Gasteiger partial charge in [0.15, 0.2) is 0 Å². The fourth-order valence-corrected chi connectivity index (χ4v) is 1.14. The Balaban J connectivity index is -0.000000320. The van der Waals surface area contributed by atoms with Crippen LogP contribution in [0.3, 0.4) is 0 Å². The summed E-state index contributed by atoms with van der Waals surface area (Å²) in [5.74, 6) is 0. The summed E-state index contributed by atoms with van der Waals surface area (Å²) in [5.41, 5.74) is 0. The Kier molecular flexibility index (Phi) is 11.8. The van der Waals surface area contributed by atoms with Gasteiger partial charge in [0.1, 0.15) is 0 Å². The molecule has 62 valence electrons. The minimum absolute atomic E-state index is 0. The van der Waals surface area contributed by atoms with Crippen molar-refractivity contribution >= 4 is 15.6 Å². The van der Waals surface area contributed by atoms with E-state index in [9.17, 15) is 23.8 Å². The van der Waals surface area contributed by atoms with Gasteiger partial charge in [-0.15, -0.1) is 0 Å². The van der Waals surface area contributed by atoms with Crippen LogP contribution in [-0.2, 0) is 30.5 Å². The van der Waals surface area contributed by atoms with Crippen molar-refractivity contribution in [3.63, 3.8) is 0 Å². The van der Waals surface area contributed by atoms with Gasteiger partial charge in [-0.25, -0.2) is 0 Å². The summed E-state index contributed by atoms with van der Waals surface area (Å²) in [5, 5.41) is 0. The second kappa shape index (κ2) is 6.81. The first-order valence-corrected chi connectivity index (χ1v) is 4.43. The molecule has 0 aliphatic heterocycles. The standard InChI is InChI=1S/Fe.K.H4O7P2/c;;1-8(2,3)7-9(4,5)6/h;;(H2,1,2,3)(H2,4,5,6)/q+2;+1;/p-3. The van der Waals surface area contributed by atoms with Crippen molar-refractivity contribution < 1.29 is 101 Å². The van der Waals surface area contributed by atoms with Crippen molar-refractivity contribution in [3.05, 3.63) is 0 Å². The summed E-state index contributed by atoms with van der Waals surface area (Å²) in [6, 6.07) is 0. The summed E-state index contributed by atoms with van der Waals surface area (Å²) < 4.78 is 21.4. The van der Waals surface area contributed by atoms with Gasteiger partial charge >= 0.3 is 68.5 Å². The molecule has 0 amide bonds. The molecule has 1 unspecified atom stereocenters. The molecule has 0 fully saturated rings. The summed E-state index contributed by atoms with van der Waals surface area (Å²) in [6.45, 7) is 0. The van der Waals surface area contributed by atoms with Crippen molar-refractivity contribution in [1.29, 1.82) is 0 Å². The minimum atomic E-state index is -5.61. The largest absolute Gasteiger partial charge is 2.00 e. The third kappa shape index (κ3) is 19.0. The van der Waals surface area contributed by atoms with Crippen LogP contribution in [0, 0.1) is 0 Å². The zero-order chi connectivity index (χ0) is 7.71. The molecule has 0 aromatic carbocycles. The zero-order valence-corrected chi connectivity index (χ0v) is 11.2. The van der Waals surface area contributed by atoms with E-state index in [0.717, 1.165) is 0 Å². The maximum absolute atomic E-state index is 9.44. The first-order chi connectivity index (χ1) is 3.71. The topological polar surface area (TPSA) is 133 Å². The molecule has 0 aliphatic rings. The molecule has 0 saturated carbocycles. The fourth-order valence-electron chi connectivity index (χ4n) is 0.126. The van der Waals surface area contributed by atoms with E-state index in [2.05, 4.69) is 4.31 Å². The van der Waals surface area contributed by atoms with Crippen molar-refractivity contribution in [2.24, 2.45) is 0 Å². The van der Waals surface area contributed by atoms with E-state index >= 15 is 0 Å². The zero-order valence-electron chi connectivity index (χ0n) is 5.14. The number of hydrogen-bond acceptors (Lipinski definition) is 6. The molecule has 0 aromatic heterocycles. The summed E-state index contributed by atoms with van der Waals surface area (Å²) in [7, 11) is -11.0. The molecule has 0 bridgehead atoms. The van der Waals surface area contributed by atoms with Crippen LogP contribution in [0.15, 0.2) is 0 Å². The Morgan fingerprint density at radius 3 is 1.45 bits per heavy atom. The smallest absolute Gasteiger partial charge is 0.790 e. The predicted octanol–water partition coefficient (Wildman–Crippen LogP) is -5.71. The molecular formula is HFeKO7P2. The maximum Gasteiger partial charge on any atom is 2.00 e. The van der Waals surface area contributed by atoms with Crippen molar-refractivity contribution in [2.75, 3.05) is 0 Å². The Bertz CT molecular complexity index is 157. The third-order valence-electron chi connectivity index (χ3n) is 0.203. The van der Waals surface area contributed by atoms with Gasteiger partial charge in [0, 0.05) is 0 Å². The van der Waals surface area contributed by atoms with Crippen LogP contribution < -0.4 is 66.1 Å². The van der Waals surface area contributed by atoms with E-state index in [4.69, 9.17) is 4.89 Å². The van der Waals surface area contributed by atoms with Gasteiger partial charge in [-0.05, 0) is 0 Å². The average molecular weight is 270 g/mol. The Morgan fingerprint density at radius 1 is 1.18 bits per heavy atom. The second-order valence-electron chi connectivity index (χ2n) is 0.997. The molecular weight excluding hydrogens is 269 g/mol. The van der Waals surface area contributed by atoms with Gasteiger partial charge in [-0.2, -0.15) is 0 Å². The fraction of sp³-hybridized carbons (Fsp3) is 0. The quantitative estimate of drug-likeness (QED) is 0.390. The molecule has 11 heteroatoms. The van der Waals surface area contributed by atoms with Crippen LogP contribution in [0.2, 0.25) is 0 Å². The van der Waals surface area contributed by atoms with Gasteiger partial charge in [0.2, 0.25) is 0 Å². The third-order valence-corrected chi connectivity index (χ3v) is 1.83. The maximum atomic E-state index is 9.44. The number of rotatable bonds is 2. The molecule has 0 aliphatic carbocycles. The minimum Gasteiger partial charge on any atom is -0.790 e. The molecule has 0 heterocycles. The molecule has 1 N–H and O–H groups in total. The van der Waals surface area contributed by atoms with Crippen LogP contribution in [0.1, 0.15) is 0 Å². The van der Waals surface area contributed by atoms with Gasteiger partial charge in [0.05, 0.1) is 7.82 Å². The van der Waals surface area contributed by atoms with E-state index in [0.29, 0.717) is 0 Å². The van der Waals surface area contributed by atoms with Crippen LogP contribution in [0.25, 0.3) is 0 Å². The number of hydrogen-bond donors (Lipinski definition) is 1. The molecule has 0 rings (SSSR count). The average Bonchev–Trinajstić information content (AvgIpc) is 1.14. The normalized spacial score (nSPS) is 15.6. The number of phosphoric acid groups is 2. The van der Waals surface area contributed by atoms with Crippen LogP contribution in [-0.4, -0.2) is 4.89 Å². The van der Waals surface area contributed by atoms with Crippen molar-refractivity contribution in [3.8, 4) is 0 Å². The first-order valence-electron chi connectivity index (χ1n) is 1.48. The first kappa shape index (κ1) is 19.1.